The molecule has 1 amide bonds. The molecule has 1 aromatic rings. The lowest BCUT2D eigenvalue weighted by molar-refractivity contribution is -0.122. The first-order valence-electron chi connectivity index (χ1n) is 9.31. The molecule has 0 saturated carbocycles. The predicted octanol–water partition coefficient (Wildman–Crippen LogP) is 0.958. The lowest BCUT2D eigenvalue weighted by Gasteiger charge is -2.38. The highest BCUT2D eigenvalue weighted by Crippen LogP contribution is 2.40. The number of carbonyl (C=O) groups is 1. The van der Waals surface area contributed by atoms with Crippen molar-refractivity contribution >= 4 is 5.91 Å². The second kappa shape index (κ2) is 7.82. The maximum Gasteiger partial charge on any atom is 0.231 e. The Morgan fingerprint density at radius 1 is 1.15 bits per heavy atom. The Morgan fingerprint density at radius 2 is 2.00 bits per heavy atom. The number of fused-ring (bicyclic) bond motifs is 1. The van der Waals surface area contributed by atoms with Gasteiger partial charge in [-0.05, 0) is 30.5 Å². The summed E-state index contributed by atoms with van der Waals surface area (Å²) in [4.78, 5) is 12.4. The highest BCUT2D eigenvalue weighted by molar-refractivity contribution is 5.76. The van der Waals surface area contributed by atoms with Gasteiger partial charge in [0.05, 0.1) is 13.2 Å². The molecule has 0 bridgehead atoms. The molecule has 0 aromatic heterocycles. The molecule has 7 nitrogen and oxygen atoms in total. The Hall–Kier alpha value is -1.83. The van der Waals surface area contributed by atoms with Gasteiger partial charge in [0.1, 0.15) is 0 Å². The third-order valence-corrected chi connectivity index (χ3v) is 5.49. The zero-order valence-corrected chi connectivity index (χ0v) is 14.9. The molecular formula is C19H26N2O5. The largest absolute Gasteiger partial charge is 0.454 e. The summed E-state index contributed by atoms with van der Waals surface area (Å²) in [6, 6.07) is 6.19. The van der Waals surface area contributed by atoms with Gasteiger partial charge in [0, 0.05) is 44.2 Å². The summed E-state index contributed by atoms with van der Waals surface area (Å²) in [7, 11) is 0. The quantitative estimate of drug-likeness (QED) is 0.812. The lowest BCUT2D eigenvalue weighted by atomic mass is 9.74. The van der Waals surface area contributed by atoms with Gasteiger partial charge in [-0.25, -0.2) is 0 Å². The molecule has 0 spiro atoms. The maximum atomic E-state index is 12.4. The number of hydrogen-bond donors (Lipinski definition) is 2. The van der Waals surface area contributed by atoms with E-state index >= 15 is 0 Å². The van der Waals surface area contributed by atoms with Gasteiger partial charge in [-0.1, -0.05) is 6.07 Å². The van der Waals surface area contributed by atoms with Crippen LogP contribution in [0.1, 0.15) is 24.8 Å². The van der Waals surface area contributed by atoms with Crippen LogP contribution in [-0.4, -0.2) is 58.3 Å². The van der Waals surface area contributed by atoms with Crippen molar-refractivity contribution in [1.29, 1.82) is 0 Å². The molecule has 1 aromatic carbocycles. The average Bonchev–Trinajstić information content (AvgIpc) is 3.16. The van der Waals surface area contributed by atoms with E-state index in [0.717, 1.165) is 30.9 Å². The molecule has 2 saturated heterocycles. The van der Waals surface area contributed by atoms with Gasteiger partial charge in [0.2, 0.25) is 12.7 Å². The minimum absolute atomic E-state index is 0.0552. The van der Waals surface area contributed by atoms with Crippen LogP contribution in [0.3, 0.4) is 0 Å². The highest BCUT2D eigenvalue weighted by atomic mass is 16.7. The SMILES string of the molecule is O=C(CC1COCCN1)NCC1(c2ccc3c(c2)OCO3)CCOCC1. The number of rotatable bonds is 5. The minimum atomic E-state index is -0.134. The number of carbonyl (C=O) groups excluding carboxylic acids is 1. The number of amides is 1. The number of nitrogens with one attached hydrogen (secondary N) is 2. The van der Waals surface area contributed by atoms with E-state index < -0.39 is 0 Å². The fourth-order valence-electron chi connectivity index (χ4n) is 3.87. The van der Waals surface area contributed by atoms with Crippen molar-refractivity contribution in [2.75, 3.05) is 46.3 Å². The first kappa shape index (κ1) is 17.6. The van der Waals surface area contributed by atoms with Crippen LogP contribution >= 0.6 is 0 Å². The number of benzene rings is 1. The van der Waals surface area contributed by atoms with E-state index in [1.165, 1.54) is 5.56 Å². The summed E-state index contributed by atoms with van der Waals surface area (Å²) >= 11 is 0. The zero-order valence-electron chi connectivity index (χ0n) is 14.9. The monoisotopic (exact) mass is 362 g/mol. The first-order chi connectivity index (χ1) is 12.8. The molecule has 26 heavy (non-hydrogen) atoms. The Kier molecular flexibility index (Phi) is 5.28. The second-order valence-electron chi connectivity index (χ2n) is 7.17. The molecule has 0 radical (unpaired) electrons. The van der Waals surface area contributed by atoms with Gasteiger partial charge >= 0.3 is 0 Å². The van der Waals surface area contributed by atoms with Gasteiger partial charge in [-0.2, -0.15) is 0 Å². The zero-order chi connectivity index (χ0) is 17.8. The molecule has 2 N–H and O–H groups in total. The van der Waals surface area contributed by atoms with Gasteiger partial charge in [0.25, 0.3) is 0 Å². The molecule has 1 atom stereocenters. The van der Waals surface area contributed by atoms with Gasteiger partial charge < -0.3 is 29.6 Å². The van der Waals surface area contributed by atoms with Gasteiger partial charge in [-0.15, -0.1) is 0 Å². The van der Waals surface area contributed by atoms with E-state index in [-0.39, 0.29) is 24.2 Å². The van der Waals surface area contributed by atoms with Crippen molar-refractivity contribution in [2.45, 2.75) is 30.7 Å². The summed E-state index contributed by atoms with van der Waals surface area (Å²) < 4.78 is 22.0. The summed E-state index contributed by atoms with van der Waals surface area (Å²) in [5.74, 6) is 1.62. The standard InChI is InChI=1S/C19H26N2O5/c22-18(10-15-11-24-8-5-20-15)21-12-19(3-6-23-7-4-19)14-1-2-16-17(9-14)26-13-25-16/h1-2,9,15,20H,3-8,10-13H2,(H,21,22). The fraction of sp³-hybridized carbons (Fsp3) is 0.632. The molecule has 142 valence electrons. The Bertz CT molecular complexity index is 639. The molecule has 3 heterocycles. The van der Waals surface area contributed by atoms with Crippen LogP contribution in [0.15, 0.2) is 18.2 Å². The van der Waals surface area contributed by atoms with Crippen molar-refractivity contribution in [3.8, 4) is 11.5 Å². The fourth-order valence-corrected chi connectivity index (χ4v) is 3.87. The molecule has 0 aliphatic carbocycles. The summed E-state index contributed by atoms with van der Waals surface area (Å²) in [6.07, 6.45) is 2.18. The van der Waals surface area contributed by atoms with Crippen LogP contribution in [0.4, 0.5) is 0 Å². The topological polar surface area (TPSA) is 78.1 Å². The van der Waals surface area contributed by atoms with Crippen LogP contribution in [0.25, 0.3) is 0 Å². The number of ether oxygens (including phenoxy) is 4. The smallest absolute Gasteiger partial charge is 0.231 e. The van der Waals surface area contributed by atoms with Crippen LogP contribution in [0.2, 0.25) is 0 Å². The Morgan fingerprint density at radius 3 is 2.81 bits per heavy atom. The van der Waals surface area contributed by atoms with E-state index in [1.54, 1.807) is 0 Å². The van der Waals surface area contributed by atoms with Crippen molar-refractivity contribution in [3.05, 3.63) is 23.8 Å². The summed E-state index contributed by atoms with van der Waals surface area (Å²) in [6.45, 7) is 4.37. The average molecular weight is 362 g/mol. The Balaban J connectivity index is 1.43. The number of morpholine rings is 1. The molecule has 3 aliphatic heterocycles. The van der Waals surface area contributed by atoms with Crippen molar-refractivity contribution in [3.63, 3.8) is 0 Å². The molecule has 4 rings (SSSR count). The first-order valence-corrected chi connectivity index (χ1v) is 9.31. The summed E-state index contributed by atoms with van der Waals surface area (Å²) in [5.41, 5.74) is 1.04. The lowest BCUT2D eigenvalue weighted by Crippen LogP contribution is -2.48. The minimum Gasteiger partial charge on any atom is -0.454 e. The molecule has 7 heteroatoms. The molecular weight excluding hydrogens is 336 g/mol. The van der Waals surface area contributed by atoms with E-state index in [2.05, 4.69) is 22.8 Å². The van der Waals surface area contributed by atoms with Gasteiger partial charge in [-0.3, -0.25) is 4.79 Å². The van der Waals surface area contributed by atoms with E-state index in [1.807, 2.05) is 6.07 Å². The van der Waals surface area contributed by atoms with Crippen LogP contribution in [0, 0.1) is 0 Å². The van der Waals surface area contributed by atoms with Crippen molar-refractivity contribution < 1.29 is 23.7 Å². The predicted molar refractivity (Wildman–Crippen MR) is 94.5 cm³/mol. The highest BCUT2D eigenvalue weighted by Gasteiger charge is 2.36. The Labute approximate surface area is 153 Å². The van der Waals surface area contributed by atoms with Crippen molar-refractivity contribution in [1.82, 2.24) is 10.6 Å². The van der Waals surface area contributed by atoms with E-state index in [4.69, 9.17) is 18.9 Å². The van der Waals surface area contributed by atoms with Crippen LogP contribution in [-0.2, 0) is 19.7 Å². The molecule has 1 unspecified atom stereocenters. The number of hydrogen-bond acceptors (Lipinski definition) is 6. The van der Waals surface area contributed by atoms with E-state index in [0.29, 0.717) is 39.4 Å². The normalized spacial score (nSPS) is 24.2. The van der Waals surface area contributed by atoms with E-state index in [9.17, 15) is 4.79 Å². The third kappa shape index (κ3) is 3.79. The third-order valence-electron chi connectivity index (χ3n) is 5.49. The summed E-state index contributed by atoms with van der Waals surface area (Å²) in [5, 5.41) is 6.47. The van der Waals surface area contributed by atoms with Crippen molar-refractivity contribution in [2.24, 2.45) is 0 Å². The van der Waals surface area contributed by atoms with Crippen LogP contribution in [0.5, 0.6) is 11.5 Å². The van der Waals surface area contributed by atoms with Gasteiger partial charge in [0.15, 0.2) is 11.5 Å². The molecule has 2 fully saturated rings. The maximum absolute atomic E-state index is 12.4. The second-order valence-corrected chi connectivity index (χ2v) is 7.17. The van der Waals surface area contributed by atoms with Crippen LogP contribution < -0.4 is 20.1 Å². The molecule has 3 aliphatic rings.